The van der Waals surface area contributed by atoms with Crippen molar-refractivity contribution in [2.45, 2.75) is 6.92 Å². The third-order valence-electron chi connectivity index (χ3n) is 3.62. The molecule has 0 bridgehead atoms. The predicted octanol–water partition coefficient (Wildman–Crippen LogP) is 3.95. The van der Waals surface area contributed by atoms with E-state index in [1.807, 2.05) is 0 Å². The Morgan fingerprint density at radius 1 is 0.889 bits per heavy atom. The van der Waals surface area contributed by atoms with Crippen LogP contribution in [0.1, 0.15) is 27.8 Å². The monoisotopic (exact) mass is 368 g/mol. The molecule has 2 aromatic carbocycles. The lowest BCUT2D eigenvalue weighted by molar-refractivity contribution is 0.100. The molecular weight excluding hydrogens is 354 g/mol. The first-order valence-corrected chi connectivity index (χ1v) is 7.90. The van der Waals surface area contributed by atoms with E-state index in [1.165, 1.54) is 25.1 Å². The van der Waals surface area contributed by atoms with Gasteiger partial charge in [0.1, 0.15) is 0 Å². The van der Waals surface area contributed by atoms with Crippen LogP contribution in [0.2, 0.25) is 0 Å². The minimum Gasteiger partial charge on any atom is -0.339 e. The van der Waals surface area contributed by atoms with Crippen LogP contribution in [0.25, 0.3) is 0 Å². The molecule has 0 saturated heterocycles. The van der Waals surface area contributed by atoms with Crippen LogP contribution in [-0.2, 0) is 0 Å². The predicted molar refractivity (Wildman–Crippen MR) is 96.1 cm³/mol. The van der Waals surface area contributed by atoms with Gasteiger partial charge in [0.15, 0.2) is 28.9 Å². The third-order valence-corrected chi connectivity index (χ3v) is 3.62. The van der Waals surface area contributed by atoms with Gasteiger partial charge in [-0.3, -0.25) is 9.59 Å². The number of ketones is 1. The summed E-state index contributed by atoms with van der Waals surface area (Å²) in [5.41, 5.74) is 1.28. The van der Waals surface area contributed by atoms with Crippen molar-refractivity contribution < 1.29 is 18.4 Å². The Bertz CT molecular complexity index is 1010. The van der Waals surface area contributed by atoms with Crippen molar-refractivity contribution in [1.82, 2.24) is 10.2 Å². The minimum atomic E-state index is -0.989. The number of nitrogens with one attached hydrogen (secondary N) is 2. The average molecular weight is 368 g/mol. The van der Waals surface area contributed by atoms with Crippen LogP contribution in [0.3, 0.4) is 0 Å². The first kappa shape index (κ1) is 18.1. The Balaban J connectivity index is 1.69. The maximum absolute atomic E-state index is 13.2. The van der Waals surface area contributed by atoms with Crippen molar-refractivity contribution in [3.63, 3.8) is 0 Å². The molecule has 27 heavy (non-hydrogen) atoms. The van der Waals surface area contributed by atoms with Crippen LogP contribution in [0.4, 0.5) is 26.0 Å². The number of carbonyl (C=O) groups excluding carboxylic acids is 2. The molecule has 0 radical (unpaired) electrons. The van der Waals surface area contributed by atoms with E-state index >= 15 is 0 Å². The Hall–Kier alpha value is -3.68. The molecule has 0 fully saturated rings. The minimum absolute atomic E-state index is 0.0547. The highest BCUT2D eigenvalue weighted by Gasteiger charge is 2.10. The maximum atomic E-state index is 13.2. The quantitative estimate of drug-likeness (QED) is 0.666. The molecule has 0 aliphatic heterocycles. The molecule has 0 saturated carbocycles. The number of aromatic nitrogens is 2. The first-order valence-electron chi connectivity index (χ1n) is 7.90. The summed E-state index contributed by atoms with van der Waals surface area (Å²) in [5.74, 6) is -2.29. The van der Waals surface area contributed by atoms with Crippen LogP contribution in [0.5, 0.6) is 0 Å². The summed E-state index contributed by atoms with van der Waals surface area (Å²) in [6.07, 6.45) is 0. The highest BCUT2D eigenvalue weighted by Crippen LogP contribution is 2.17. The Morgan fingerprint density at radius 2 is 1.70 bits per heavy atom. The normalized spacial score (nSPS) is 10.3. The van der Waals surface area contributed by atoms with Crippen LogP contribution in [-0.4, -0.2) is 21.9 Å². The molecule has 1 heterocycles. The van der Waals surface area contributed by atoms with Crippen LogP contribution >= 0.6 is 0 Å². The second-order valence-electron chi connectivity index (χ2n) is 5.65. The number of nitrogens with zero attached hydrogens (tertiary/aromatic N) is 2. The highest BCUT2D eigenvalue weighted by molar-refractivity contribution is 6.03. The van der Waals surface area contributed by atoms with E-state index in [-0.39, 0.29) is 17.3 Å². The number of Topliss-reactive ketones (excluding diaryl/α,β-unsaturated/α-hetero) is 1. The SMILES string of the molecule is CC(=O)c1cccc(NC(=O)c2ccc(Nc3ccc(F)c(F)c3)nn2)c1. The van der Waals surface area contributed by atoms with Gasteiger partial charge in [0.25, 0.3) is 5.91 Å². The standard InChI is InChI=1S/C19H14F2N4O2/c1-11(26)12-3-2-4-13(9-12)23-19(27)17-7-8-18(25-24-17)22-14-5-6-15(20)16(21)10-14/h2-10H,1H3,(H,22,25)(H,23,27). The Kier molecular flexibility index (Phi) is 5.16. The van der Waals surface area contributed by atoms with Gasteiger partial charge in [0.2, 0.25) is 0 Å². The summed E-state index contributed by atoms with van der Waals surface area (Å²) in [5, 5.41) is 13.0. The number of hydrogen-bond acceptors (Lipinski definition) is 5. The largest absolute Gasteiger partial charge is 0.339 e. The van der Waals surface area contributed by atoms with E-state index in [0.717, 1.165) is 12.1 Å². The molecule has 0 atom stereocenters. The lowest BCUT2D eigenvalue weighted by atomic mass is 10.1. The topological polar surface area (TPSA) is 84.0 Å². The van der Waals surface area contributed by atoms with Gasteiger partial charge >= 0.3 is 0 Å². The van der Waals surface area contributed by atoms with E-state index in [9.17, 15) is 18.4 Å². The zero-order chi connectivity index (χ0) is 19.4. The lowest BCUT2D eigenvalue weighted by Crippen LogP contribution is -2.15. The summed E-state index contributed by atoms with van der Waals surface area (Å²) >= 11 is 0. The number of anilines is 3. The molecule has 136 valence electrons. The van der Waals surface area contributed by atoms with Gasteiger partial charge in [-0.15, -0.1) is 10.2 Å². The smallest absolute Gasteiger partial charge is 0.276 e. The number of amides is 1. The molecule has 0 aliphatic carbocycles. The fourth-order valence-electron chi connectivity index (χ4n) is 2.25. The summed E-state index contributed by atoms with van der Waals surface area (Å²) in [4.78, 5) is 23.6. The number of hydrogen-bond donors (Lipinski definition) is 2. The Labute approximate surface area is 153 Å². The van der Waals surface area contributed by atoms with Crippen LogP contribution in [0.15, 0.2) is 54.6 Å². The van der Waals surface area contributed by atoms with Gasteiger partial charge in [-0.05, 0) is 43.3 Å². The first-order chi connectivity index (χ1) is 12.9. The molecule has 1 amide bonds. The van der Waals surface area contributed by atoms with Gasteiger partial charge in [-0.25, -0.2) is 8.78 Å². The average Bonchev–Trinajstić information content (AvgIpc) is 2.65. The Morgan fingerprint density at radius 3 is 2.37 bits per heavy atom. The number of carbonyl (C=O) groups is 2. The van der Waals surface area contributed by atoms with E-state index in [0.29, 0.717) is 16.9 Å². The molecule has 0 unspecified atom stereocenters. The van der Waals surface area contributed by atoms with Crippen molar-refractivity contribution in [3.8, 4) is 0 Å². The van der Waals surface area contributed by atoms with Crippen LogP contribution < -0.4 is 10.6 Å². The van der Waals surface area contributed by atoms with Gasteiger partial charge in [-0.1, -0.05) is 12.1 Å². The lowest BCUT2D eigenvalue weighted by Gasteiger charge is -2.07. The van der Waals surface area contributed by atoms with Crippen molar-refractivity contribution in [2.75, 3.05) is 10.6 Å². The molecule has 8 heteroatoms. The molecule has 2 N–H and O–H groups in total. The molecule has 0 aliphatic rings. The van der Waals surface area contributed by atoms with E-state index < -0.39 is 17.5 Å². The molecule has 3 rings (SSSR count). The maximum Gasteiger partial charge on any atom is 0.276 e. The zero-order valence-electron chi connectivity index (χ0n) is 14.2. The molecule has 6 nitrogen and oxygen atoms in total. The highest BCUT2D eigenvalue weighted by atomic mass is 19.2. The number of benzene rings is 2. The van der Waals surface area contributed by atoms with Crippen molar-refractivity contribution in [2.24, 2.45) is 0 Å². The van der Waals surface area contributed by atoms with Crippen molar-refractivity contribution in [3.05, 3.63) is 77.5 Å². The molecular formula is C19H14F2N4O2. The fourth-order valence-corrected chi connectivity index (χ4v) is 2.25. The van der Waals surface area contributed by atoms with E-state index in [2.05, 4.69) is 20.8 Å². The second-order valence-corrected chi connectivity index (χ2v) is 5.65. The number of halogens is 2. The molecule has 3 aromatic rings. The summed E-state index contributed by atoms with van der Waals surface area (Å²) < 4.78 is 26.1. The van der Waals surface area contributed by atoms with Crippen molar-refractivity contribution in [1.29, 1.82) is 0 Å². The molecule has 0 spiro atoms. The van der Waals surface area contributed by atoms with Gasteiger partial charge in [0.05, 0.1) is 0 Å². The summed E-state index contributed by atoms with van der Waals surface area (Å²) in [6.45, 7) is 1.44. The number of rotatable bonds is 5. The van der Waals surface area contributed by atoms with Gasteiger partial charge in [0, 0.05) is 23.0 Å². The second kappa shape index (κ2) is 7.69. The van der Waals surface area contributed by atoms with Gasteiger partial charge < -0.3 is 10.6 Å². The van der Waals surface area contributed by atoms with Crippen molar-refractivity contribution >= 4 is 28.9 Å². The van der Waals surface area contributed by atoms with Crippen LogP contribution in [0, 0.1) is 11.6 Å². The van der Waals surface area contributed by atoms with E-state index in [4.69, 9.17) is 0 Å². The van der Waals surface area contributed by atoms with Gasteiger partial charge in [-0.2, -0.15) is 0 Å². The third kappa shape index (κ3) is 4.49. The van der Waals surface area contributed by atoms with E-state index in [1.54, 1.807) is 24.3 Å². The summed E-state index contributed by atoms with van der Waals surface area (Å²) in [6, 6.07) is 12.8. The zero-order valence-corrected chi connectivity index (χ0v) is 14.2. The molecule has 1 aromatic heterocycles. The summed E-state index contributed by atoms with van der Waals surface area (Å²) in [7, 11) is 0. The fraction of sp³-hybridized carbons (Fsp3) is 0.0526.